The van der Waals surface area contributed by atoms with Gasteiger partial charge in [-0.2, -0.15) is 0 Å². The fourth-order valence-corrected chi connectivity index (χ4v) is 2.28. The van der Waals surface area contributed by atoms with E-state index < -0.39 is 5.41 Å². The molecule has 2 amide bonds. The van der Waals surface area contributed by atoms with Crippen LogP contribution < -0.4 is 16.4 Å². The Morgan fingerprint density at radius 2 is 1.30 bits per heavy atom. The van der Waals surface area contributed by atoms with Gasteiger partial charge in [-0.1, -0.05) is 0 Å². The monoisotopic (exact) mass is 313 g/mol. The Labute approximate surface area is 132 Å². The zero-order chi connectivity index (χ0) is 16.4. The van der Waals surface area contributed by atoms with E-state index in [0.29, 0.717) is 29.9 Å². The molecule has 0 spiro atoms. The van der Waals surface area contributed by atoms with Gasteiger partial charge in [0, 0.05) is 17.1 Å². The molecule has 6 heteroatoms. The summed E-state index contributed by atoms with van der Waals surface area (Å²) in [5.41, 5.74) is 6.18. The van der Waals surface area contributed by atoms with Gasteiger partial charge in [0.15, 0.2) is 0 Å². The molecule has 0 heterocycles. The number of nitrogens with one attached hydrogen (secondary N) is 2. The quantitative estimate of drug-likeness (QED) is 0.599. The van der Waals surface area contributed by atoms with Gasteiger partial charge < -0.3 is 16.4 Å². The molecule has 0 bridgehead atoms. The summed E-state index contributed by atoms with van der Waals surface area (Å²) in [6, 6.07) is 12.1. The molecule has 3 rings (SSSR count). The number of nitrogen functional groups attached to an aromatic ring is 1. The van der Waals surface area contributed by atoms with Crippen molar-refractivity contribution in [2.45, 2.75) is 12.8 Å². The smallest absolute Gasteiger partial charge is 0.240 e. The number of halogens is 1. The summed E-state index contributed by atoms with van der Waals surface area (Å²) in [4.78, 5) is 24.8. The SMILES string of the molecule is Nc1ccc(NC(=O)C2(C(=O)Nc3ccc(F)cc3)CC2)cc1. The molecular weight excluding hydrogens is 297 g/mol. The van der Waals surface area contributed by atoms with Crippen LogP contribution in [0.25, 0.3) is 0 Å². The van der Waals surface area contributed by atoms with Crippen molar-refractivity contribution >= 4 is 28.9 Å². The minimum atomic E-state index is -1.06. The molecule has 2 aromatic carbocycles. The Morgan fingerprint density at radius 1 is 0.870 bits per heavy atom. The number of carbonyl (C=O) groups excluding carboxylic acids is 2. The molecule has 0 atom stereocenters. The van der Waals surface area contributed by atoms with Crippen LogP contribution in [0.15, 0.2) is 48.5 Å². The Balaban J connectivity index is 1.68. The predicted molar refractivity (Wildman–Crippen MR) is 86.2 cm³/mol. The lowest BCUT2D eigenvalue weighted by molar-refractivity contribution is -0.131. The van der Waals surface area contributed by atoms with E-state index in [1.54, 1.807) is 24.3 Å². The van der Waals surface area contributed by atoms with Crippen LogP contribution in [0, 0.1) is 11.2 Å². The number of carbonyl (C=O) groups is 2. The highest BCUT2D eigenvalue weighted by atomic mass is 19.1. The van der Waals surface area contributed by atoms with Gasteiger partial charge in [0.05, 0.1) is 0 Å². The topological polar surface area (TPSA) is 84.2 Å². The molecule has 4 N–H and O–H groups in total. The summed E-state index contributed by atoms with van der Waals surface area (Å²) < 4.78 is 12.9. The van der Waals surface area contributed by atoms with Gasteiger partial charge in [-0.3, -0.25) is 9.59 Å². The highest BCUT2D eigenvalue weighted by Crippen LogP contribution is 2.47. The number of amides is 2. The van der Waals surface area contributed by atoms with Crippen molar-refractivity contribution in [3.05, 3.63) is 54.3 Å². The zero-order valence-electron chi connectivity index (χ0n) is 12.3. The maximum absolute atomic E-state index is 12.9. The Kier molecular flexibility index (Phi) is 3.73. The second kappa shape index (κ2) is 5.72. The number of benzene rings is 2. The van der Waals surface area contributed by atoms with Crippen molar-refractivity contribution in [1.29, 1.82) is 0 Å². The molecule has 1 aliphatic carbocycles. The maximum Gasteiger partial charge on any atom is 0.240 e. The van der Waals surface area contributed by atoms with E-state index in [1.807, 2.05) is 0 Å². The third kappa shape index (κ3) is 3.15. The van der Waals surface area contributed by atoms with Crippen molar-refractivity contribution in [1.82, 2.24) is 0 Å². The van der Waals surface area contributed by atoms with Gasteiger partial charge in [0.2, 0.25) is 11.8 Å². The molecule has 0 radical (unpaired) electrons. The molecule has 1 saturated carbocycles. The van der Waals surface area contributed by atoms with Crippen LogP contribution in [-0.4, -0.2) is 11.8 Å². The predicted octanol–water partition coefficient (Wildman–Crippen LogP) is 2.77. The number of hydrogen-bond donors (Lipinski definition) is 3. The summed E-state index contributed by atoms with van der Waals surface area (Å²) in [7, 11) is 0. The van der Waals surface area contributed by atoms with Crippen LogP contribution in [0.4, 0.5) is 21.5 Å². The first-order valence-corrected chi connectivity index (χ1v) is 7.24. The van der Waals surface area contributed by atoms with E-state index in [1.165, 1.54) is 24.3 Å². The van der Waals surface area contributed by atoms with E-state index in [0.717, 1.165) is 0 Å². The van der Waals surface area contributed by atoms with Gasteiger partial charge >= 0.3 is 0 Å². The summed E-state index contributed by atoms with van der Waals surface area (Å²) in [5, 5.41) is 5.39. The van der Waals surface area contributed by atoms with Crippen molar-refractivity contribution in [3.8, 4) is 0 Å². The van der Waals surface area contributed by atoms with Crippen LogP contribution >= 0.6 is 0 Å². The summed E-state index contributed by atoms with van der Waals surface area (Å²) in [5.74, 6) is -1.11. The van der Waals surface area contributed by atoms with E-state index in [2.05, 4.69) is 10.6 Å². The maximum atomic E-state index is 12.9. The Hall–Kier alpha value is -2.89. The lowest BCUT2D eigenvalue weighted by Gasteiger charge is -2.15. The molecule has 1 fully saturated rings. The highest BCUT2D eigenvalue weighted by molar-refractivity contribution is 6.16. The molecule has 0 saturated heterocycles. The number of nitrogens with two attached hydrogens (primary N) is 1. The summed E-state index contributed by atoms with van der Waals surface area (Å²) >= 11 is 0. The van der Waals surface area contributed by atoms with Gasteiger partial charge in [-0.25, -0.2) is 4.39 Å². The highest BCUT2D eigenvalue weighted by Gasteiger charge is 2.56. The summed E-state index contributed by atoms with van der Waals surface area (Å²) in [6.07, 6.45) is 0.974. The number of hydrogen-bond acceptors (Lipinski definition) is 3. The molecule has 2 aromatic rings. The van der Waals surface area contributed by atoms with Gasteiger partial charge in [-0.15, -0.1) is 0 Å². The molecule has 0 aromatic heterocycles. The molecule has 118 valence electrons. The van der Waals surface area contributed by atoms with Gasteiger partial charge in [-0.05, 0) is 61.4 Å². The number of anilines is 3. The molecule has 23 heavy (non-hydrogen) atoms. The zero-order valence-corrected chi connectivity index (χ0v) is 12.3. The van der Waals surface area contributed by atoms with Crippen LogP contribution in [0.2, 0.25) is 0 Å². The average Bonchev–Trinajstić information content (AvgIpc) is 3.34. The van der Waals surface area contributed by atoms with Crippen LogP contribution in [-0.2, 0) is 9.59 Å². The third-order valence-electron chi connectivity index (χ3n) is 3.89. The van der Waals surface area contributed by atoms with E-state index in [4.69, 9.17) is 5.73 Å². The van der Waals surface area contributed by atoms with Crippen LogP contribution in [0.1, 0.15) is 12.8 Å². The average molecular weight is 313 g/mol. The van der Waals surface area contributed by atoms with Crippen molar-refractivity contribution in [2.75, 3.05) is 16.4 Å². The molecule has 0 aliphatic heterocycles. The first kappa shape index (κ1) is 15.0. The largest absolute Gasteiger partial charge is 0.399 e. The standard InChI is InChI=1S/C17H16FN3O2/c18-11-1-5-13(6-2-11)20-15(22)17(9-10-17)16(23)21-14-7-3-12(19)4-8-14/h1-8H,9-10,19H2,(H,20,22)(H,21,23). The van der Waals surface area contributed by atoms with Crippen LogP contribution in [0.3, 0.4) is 0 Å². The van der Waals surface area contributed by atoms with Crippen molar-refractivity contribution in [2.24, 2.45) is 5.41 Å². The van der Waals surface area contributed by atoms with Crippen molar-refractivity contribution < 1.29 is 14.0 Å². The Bertz CT molecular complexity index is 676. The summed E-state index contributed by atoms with van der Waals surface area (Å²) in [6.45, 7) is 0. The molecule has 5 nitrogen and oxygen atoms in total. The van der Waals surface area contributed by atoms with E-state index >= 15 is 0 Å². The second-order valence-electron chi connectivity index (χ2n) is 5.62. The van der Waals surface area contributed by atoms with Crippen LogP contribution in [0.5, 0.6) is 0 Å². The minimum absolute atomic E-state index is 0.345. The van der Waals surface area contributed by atoms with E-state index in [9.17, 15) is 14.0 Å². The molecular formula is C17H16FN3O2. The lowest BCUT2D eigenvalue weighted by atomic mass is 10.0. The first-order chi connectivity index (χ1) is 11.0. The van der Waals surface area contributed by atoms with Crippen molar-refractivity contribution in [3.63, 3.8) is 0 Å². The van der Waals surface area contributed by atoms with Gasteiger partial charge in [0.25, 0.3) is 0 Å². The molecule has 1 aliphatic rings. The second-order valence-corrected chi connectivity index (χ2v) is 5.62. The van der Waals surface area contributed by atoms with Gasteiger partial charge in [0.1, 0.15) is 11.2 Å². The normalized spacial score (nSPS) is 14.8. The minimum Gasteiger partial charge on any atom is -0.399 e. The fourth-order valence-electron chi connectivity index (χ4n) is 2.28. The lowest BCUT2D eigenvalue weighted by Crippen LogP contribution is -2.35. The van der Waals surface area contributed by atoms with E-state index in [-0.39, 0.29) is 17.6 Å². The third-order valence-corrected chi connectivity index (χ3v) is 3.89. The Morgan fingerprint density at radius 3 is 1.74 bits per heavy atom. The fraction of sp³-hybridized carbons (Fsp3) is 0.176. The molecule has 0 unspecified atom stereocenters. The number of rotatable bonds is 4. The first-order valence-electron chi connectivity index (χ1n) is 7.24.